The first-order chi connectivity index (χ1) is 8.93. The molecule has 0 amide bonds. The van der Waals surface area contributed by atoms with E-state index in [1.807, 2.05) is 0 Å². The van der Waals surface area contributed by atoms with Gasteiger partial charge in [0.05, 0.1) is 0 Å². The molecule has 1 N–H and O–H groups in total. The molecule has 0 bridgehead atoms. The van der Waals surface area contributed by atoms with Gasteiger partial charge in [0.25, 0.3) is 0 Å². The lowest BCUT2D eigenvalue weighted by Gasteiger charge is -2.14. The third-order valence-corrected chi connectivity index (χ3v) is 4.66. The predicted molar refractivity (Wildman–Crippen MR) is 76.8 cm³/mol. The Balaban J connectivity index is 1.43. The first-order valence-electron chi connectivity index (χ1n) is 7.72. The minimum absolute atomic E-state index is 0.760. The van der Waals surface area contributed by atoms with E-state index in [2.05, 4.69) is 35.6 Å². The summed E-state index contributed by atoms with van der Waals surface area (Å²) in [4.78, 5) is 0. The third kappa shape index (κ3) is 3.14. The summed E-state index contributed by atoms with van der Waals surface area (Å²) in [7, 11) is 0. The van der Waals surface area contributed by atoms with Crippen LogP contribution in [0.4, 0.5) is 0 Å². The largest absolute Gasteiger partial charge is 0.313 e. The fourth-order valence-corrected chi connectivity index (χ4v) is 3.38. The van der Waals surface area contributed by atoms with Gasteiger partial charge in [-0.15, -0.1) is 0 Å². The number of hydrogen-bond acceptors (Lipinski definition) is 1. The van der Waals surface area contributed by atoms with Crippen LogP contribution in [0.25, 0.3) is 0 Å². The zero-order valence-electron chi connectivity index (χ0n) is 11.3. The molecule has 1 aromatic rings. The molecule has 2 unspecified atom stereocenters. The van der Waals surface area contributed by atoms with Gasteiger partial charge < -0.3 is 5.32 Å². The van der Waals surface area contributed by atoms with Crippen molar-refractivity contribution >= 4 is 0 Å². The van der Waals surface area contributed by atoms with Crippen LogP contribution in [0.1, 0.15) is 56.4 Å². The van der Waals surface area contributed by atoms with Crippen molar-refractivity contribution in [3.05, 3.63) is 35.9 Å². The summed E-state index contributed by atoms with van der Waals surface area (Å²) in [5, 5.41) is 3.80. The molecule has 3 rings (SSSR count). The second-order valence-electron chi connectivity index (χ2n) is 6.13. The summed E-state index contributed by atoms with van der Waals surface area (Å²) in [6, 6.07) is 11.7. The van der Waals surface area contributed by atoms with Gasteiger partial charge in [-0.05, 0) is 37.3 Å². The zero-order chi connectivity index (χ0) is 12.2. The van der Waals surface area contributed by atoms with Crippen molar-refractivity contribution in [2.24, 2.45) is 5.92 Å². The van der Waals surface area contributed by atoms with Crippen LogP contribution in [0.3, 0.4) is 0 Å². The van der Waals surface area contributed by atoms with Crippen molar-refractivity contribution in [1.29, 1.82) is 0 Å². The van der Waals surface area contributed by atoms with E-state index in [0.717, 1.165) is 17.9 Å². The summed E-state index contributed by atoms with van der Waals surface area (Å²) < 4.78 is 0. The number of benzene rings is 1. The summed E-state index contributed by atoms with van der Waals surface area (Å²) in [6.45, 7) is 1.26. The van der Waals surface area contributed by atoms with Gasteiger partial charge in [0.2, 0.25) is 0 Å². The van der Waals surface area contributed by atoms with E-state index in [1.54, 1.807) is 0 Å². The van der Waals surface area contributed by atoms with Gasteiger partial charge in [-0.25, -0.2) is 0 Å². The highest BCUT2D eigenvalue weighted by molar-refractivity contribution is 5.27. The molecule has 2 atom stereocenters. The van der Waals surface area contributed by atoms with Crippen molar-refractivity contribution < 1.29 is 0 Å². The lowest BCUT2D eigenvalue weighted by atomic mass is 10.0. The molecule has 2 aliphatic rings. The molecule has 1 nitrogen and oxygen atoms in total. The van der Waals surface area contributed by atoms with Gasteiger partial charge in [-0.1, -0.05) is 56.0 Å². The van der Waals surface area contributed by atoms with Gasteiger partial charge in [-0.2, -0.15) is 0 Å². The minimum atomic E-state index is 0.760. The fraction of sp³-hybridized carbons (Fsp3) is 0.647. The highest BCUT2D eigenvalue weighted by Gasteiger charge is 2.37. The average molecular weight is 243 g/mol. The summed E-state index contributed by atoms with van der Waals surface area (Å²) in [5.41, 5.74) is 1.52. The average Bonchev–Trinajstić information content (AvgIpc) is 3.22. The molecule has 0 spiro atoms. The van der Waals surface area contributed by atoms with Crippen LogP contribution in [0, 0.1) is 5.92 Å². The lowest BCUT2D eigenvalue weighted by Crippen LogP contribution is -2.25. The molecule has 2 saturated carbocycles. The van der Waals surface area contributed by atoms with Crippen LogP contribution in [0.5, 0.6) is 0 Å². The van der Waals surface area contributed by atoms with Crippen molar-refractivity contribution in [1.82, 2.24) is 5.32 Å². The first-order valence-corrected chi connectivity index (χ1v) is 7.72. The molecule has 2 fully saturated rings. The van der Waals surface area contributed by atoms with Crippen molar-refractivity contribution in [2.75, 3.05) is 6.54 Å². The van der Waals surface area contributed by atoms with Crippen LogP contribution in [0.2, 0.25) is 0 Å². The van der Waals surface area contributed by atoms with E-state index < -0.39 is 0 Å². The van der Waals surface area contributed by atoms with E-state index in [-0.39, 0.29) is 0 Å². The van der Waals surface area contributed by atoms with E-state index in [9.17, 15) is 0 Å². The smallest absolute Gasteiger partial charge is 0.0143 e. The molecule has 1 aromatic carbocycles. The highest BCUT2D eigenvalue weighted by atomic mass is 15.0. The Morgan fingerprint density at radius 3 is 2.39 bits per heavy atom. The van der Waals surface area contributed by atoms with E-state index >= 15 is 0 Å². The molecule has 0 saturated heterocycles. The maximum absolute atomic E-state index is 3.80. The van der Waals surface area contributed by atoms with Gasteiger partial charge in [0.15, 0.2) is 0 Å². The maximum Gasteiger partial charge on any atom is 0.0143 e. The summed E-state index contributed by atoms with van der Waals surface area (Å²) in [6.07, 6.45) is 10.1. The number of rotatable bonds is 4. The van der Waals surface area contributed by atoms with Gasteiger partial charge in [0, 0.05) is 12.0 Å². The minimum Gasteiger partial charge on any atom is -0.313 e. The molecule has 98 valence electrons. The molecule has 0 aliphatic heterocycles. The fourth-order valence-electron chi connectivity index (χ4n) is 3.38. The normalized spacial score (nSPS) is 28.9. The summed E-state index contributed by atoms with van der Waals surface area (Å²) in [5.74, 6) is 1.74. The predicted octanol–water partition coefficient (Wildman–Crippen LogP) is 4.10. The van der Waals surface area contributed by atoms with Crippen LogP contribution < -0.4 is 5.32 Å². The Morgan fingerprint density at radius 1 is 0.944 bits per heavy atom. The van der Waals surface area contributed by atoms with Gasteiger partial charge in [0.1, 0.15) is 0 Å². The Labute approximate surface area is 111 Å². The molecule has 0 heterocycles. The molecule has 18 heavy (non-hydrogen) atoms. The van der Waals surface area contributed by atoms with E-state index in [4.69, 9.17) is 0 Å². The van der Waals surface area contributed by atoms with Crippen LogP contribution in [-0.2, 0) is 0 Å². The first kappa shape index (κ1) is 12.2. The van der Waals surface area contributed by atoms with Crippen LogP contribution >= 0.6 is 0 Å². The quantitative estimate of drug-likeness (QED) is 0.785. The number of hydrogen-bond donors (Lipinski definition) is 1. The van der Waals surface area contributed by atoms with E-state index in [1.165, 1.54) is 57.1 Å². The topological polar surface area (TPSA) is 12.0 Å². The highest BCUT2D eigenvalue weighted by Crippen LogP contribution is 2.40. The zero-order valence-corrected chi connectivity index (χ0v) is 11.3. The Bertz CT molecular complexity index is 351. The van der Waals surface area contributed by atoms with E-state index in [0.29, 0.717) is 0 Å². The van der Waals surface area contributed by atoms with Crippen molar-refractivity contribution in [3.8, 4) is 0 Å². The number of nitrogens with one attached hydrogen (secondary N) is 1. The molecule has 0 aromatic heterocycles. The molecule has 0 radical (unpaired) electrons. The van der Waals surface area contributed by atoms with Crippen molar-refractivity contribution in [3.63, 3.8) is 0 Å². The second kappa shape index (κ2) is 5.88. The Kier molecular flexibility index (Phi) is 3.99. The molecule has 1 heteroatoms. The van der Waals surface area contributed by atoms with Crippen LogP contribution in [-0.4, -0.2) is 12.6 Å². The van der Waals surface area contributed by atoms with Crippen molar-refractivity contribution in [2.45, 2.75) is 56.9 Å². The third-order valence-electron chi connectivity index (χ3n) is 4.66. The van der Waals surface area contributed by atoms with Crippen LogP contribution in [0.15, 0.2) is 30.3 Å². The standard InChI is InChI=1S/C17H25N/c1-2-5-9-14(8-4-1)13-18-17-12-16(17)15-10-6-3-7-11-15/h3,6-7,10-11,14,16-18H,1-2,4-5,8-9,12-13H2. The lowest BCUT2D eigenvalue weighted by molar-refractivity contribution is 0.422. The Morgan fingerprint density at radius 2 is 1.67 bits per heavy atom. The Hall–Kier alpha value is -0.820. The molecular formula is C17H25N. The monoisotopic (exact) mass is 243 g/mol. The SMILES string of the molecule is c1ccc(C2CC2NCC2CCCCCC2)cc1. The molecule has 2 aliphatic carbocycles. The van der Waals surface area contributed by atoms with Gasteiger partial charge in [-0.3, -0.25) is 0 Å². The summed E-state index contributed by atoms with van der Waals surface area (Å²) >= 11 is 0. The van der Waals surface area contributed by atoms with Gasteiger partial charge >= 0.3 is 0 Å². The second-order valence-corrected chi connectivity index (χ2v) is 6.13. The molecular weight excluding hydrogens is 218 g/mol. The maximum atomic E-state index is 3.80.